The lowest BCUT2D eigenvalue weighted by atomic mass is 9.80. The number of fused-ring (bicyclic) bond motifs is 1. The van der Waals surface area contributed by atoms with Gasteiger partial charge in [0.2, 0.25) is 5.89 Å². The second kappa shape index (κ2) is 12.5. The van der Waals surface area contributed by atoms with Crippen LogP contribution in [0.25, 0.3) is 0 Å². The van der Waals surface area contributed by atoms with Crippen LogP contribution in [-0.4, -0.2) is 51.5 Å². The van der Waals surface area contributed by atoms with Gasteiger partial charge in [-0.15, -0.1) is 0 Å². The van der Waals surface area contributed by atoms with Crippen molar-refractivity contribution >= 4 is 33.2 Å². The quantitative estimate of drug-likeness (QED) is 0.205. The van der Waals surface area contributed by atoms with Gasteiger partial charge in [0, 0.05) is 29.2 Å². The zero-order valence-corrected chi connectivity index (χ0v) is 26.9. The van der Waals surface area contributed by atoms with Crippen molar-refractivity contribution in [3.05, 3.63) is 101 Å². The molecule has 0 radical (unpaired) electrons. The first-order valence-electron chi connectivity index (χ1n) is 14.9. The number of hydrogen-bond donors (Lipinski definition) is 1. The Morgan fingerprint density at radius 2 is 1.87 bits per heavy atom. The number of rotatable bonds is 11. The predicted molar refractivity (Wildman–Crippen MR) is 170 cm³/mol. The monoisotopic (exact) mass is 650 g/mol. The fourth-order valence-electron chi connectivity index (χ4n) is 6.51. The molecule has 0 spiro atoms. The van der Waals surface area contributed by atoms with Gasteiger partial charge in [-0.2, -0.15) is 0 Å². The number of sulfonamides is 1. The van der Waals surface area contributed by atoms with Gasteiger partial charge in [0.05, 0.1) is 37.0 Å². The molecule has 12 heteroatoms. The summed E-state index contributed by atoms with van der Waals surface area (Å²) in [6.45, 7) is 4.02. The molecule has 2 unspecified atom stereocenters. The summed E-state index contributed by atoms with van der Waals surface area (Å²) in [7, 11) is -1.34. The average molecular weight is 651 g/mol. The Balaban J connectivity index is 1.61. The van der Waals surface area contributed by atoms with Gasteiger partial charge in [-0.25, -0.2) is 17.7 Å². The van der Waals surface area contributed by atoms with E-state index < -0.39 is 27.5 Å². The number of amides is 1. The third-order valence-electron chi connectivity index (χ3n) is 8.49. The van der Waals surface area contributed by atoms with Crippen molar-refractivity contribution in [2.75, 3.05) is 31.6 Å². The highest BCUT2D eigenvalue weighted by Crippen LogP contribution is 2.56. The minimum atomic E-state index is -4.39. The van der Waals surface area contributed by atoms with E-state index in [0.717, 1.165) is 29.3 Å². The molecule has 0 bridgehead atoms. The van der Waals surface area contributed by atoms with E-state index in [9.17, 15) is 8.42 Å². The lowest BCUT2D eigenvalue weighted by molar-refractivity contribution is -0.127. The minimum Gasteiger partial charge on any atom is -0.497 e. The zero-order valence-electron chi connectivity index (χ0n) is 25.3. The van der Waals surface area contributed by atoms with Crippen LogP contribution in [0.15, 0.2) is 82.4 Å². The van der Waals surface area contributed by atoms with Gasteiger partial charge in [0.25, 0.3) is 15.9 Å². The number of carbonyl (C=O) groups is 1. The Hall–Kier alpha value is -3.90. The van der Waals surface area contributed by atoms with E-state index in [0.29, 0.717) is 53.0 Å². The number of halogens is 1. The Bertz CT molecular complexity index is 1800. The summed E-state index contributed by atoms with van der Waals surface area (Å²) in [5, 5.41) is 3.76. The topological polar surface area (TPSA) is 114 Å². The molecular formula is C33H35ClN4O6S. The first-order chi connectivity index (χ1) is 21.8. The van der Waals surface area contributed by atoms with Crippen molar-refractivity contribution < 1.29 is 27.1 Å². The molecule has 2 aliphatic rings. The largest absolute Gasteiger partial charge is 0.497 e. The SMILES string of the molecule is CCCNCc1ccc(C2(N3CCCC3c3ncco3)C(=O)N(S(=O)(=O)c3ccc(OC)cc3)c3ccc(Cl)cc32)c(OC)c1. The van der Waals surface area contributed by atoms with Crippen LogP contribution in [0.2, 0.25) is 5.02 Å². The van der Waals surface area contributed by atoms with Crippen LogP contribution < -0.4 is 19.1 Å². The van der Waals surface area contributed by atoms with Gasteiger partial charge >= 0.3 is 0 Å². The van der Waals surface area contributed by atoms with Crippen LogP contribution in [-0.2, 0) is 26.9 Å². The number of nitrogens with one attached hydrogen (secondary N) is 1. The van der Waals surface area contributed by atoms with Gasteiger partial charge < -0.3 is 19.2 Å². The second-order valence-corrected chi connectivity index (χ2v) is 13.3. The van der Waals surface area contributed by atoms with Gasteiger partial charge in [-0.3, -0.25) is 9.69 Å². The number of methoxy groups -OCH3 is 2. The maximum atomic E-state index is 15.3. The van der Waals surface area contributed by atoms with Gasteiger partial charge in [-0.05, 0) is 79.9 Å². The summed E-state index contributed by atoms with van der Waals surface area (Å²) < 4.78 is 46.8. The third-order valence-corrected chi connectivity index (χ3v) is 10.4. The summed E-state index contributed by atoms with van der Waals surface area (Å²) in [6, 6.07) is 16.1. The molecule has 4 aromatic rings. The van der Waals surface area contributed by atoms with Crippen LogP contribution in [0.1, 0.15) is 54.8 Å². The molecule has 1 saturated heterocycles. The lowest BCUT2D eigenvalue weighted by Crippen LogP contribution is -2.54. The molecule has 2 aliphatic heterocycles. The first-order valence-corrected chi connectivity index (χ1v) is 16.7. The molecule has 6 rings (SSSR count). The van der Waals surface area contributed by atoms with E-state index in [1.807, 2.05) is 23.1 Å². The number of carbonyl (C=O) groups excluding carboxylic acids is 1. The van der Waals surface area contributed by atoms with Crippen LogP contribution >= 0.6 is 11.6 Å². The maximum absolute atomic E-state index is 15.3. The van der Waals surface area contributed by atoms with Crippen molar-refractivity contribution in [2.45, 2.75) is 49.2 Å². The molecule has 3 heterocycles. The van der Waals surface area contributed by atoms with E-state index in [4.69, 9.17) is 25.5 Å². The molecule has 10 nitrogen and oxygen atoms in total. The summed E-state index contributed by atoms with van der Waals surface area (Å²) in [4.78, 5) is 21.7. The summed E-state index contributed by atoms with van der Waals surface area (Å²) >= 11 is 6.63. The third kappa shape index (κ3) is 5.17. The highest BCUT2D eigenvalue weighted by molar-refractivity contribution is 7.93. The zero-order chi connectivity index (χ0) is 31.8. The molecule has 236 valence electrons. The number of aromatic nitrogens is 1. The van der Waals surface area contributed by atoms with Gasteiger partial charge in [0.15, 0.2) is 5.54 Å². The lowest BCUT2D eigenvalue weighted by Gasteiger charge is -2.41. The molecule has 45 heavy (non-hydrogen) atoms. The number of oxazole rings is 1. The minimum absolute atomic E-state index is 0.0525. The number of anilines is 1. The molecular weight excluding hydrogens is 616 g/mol. The van der Waals surface area contributed by atoms with Crippen LogP contribution in [0.5, 0.6) is 11.5 Å². The predicted octanol–water partition coefficient (Wildman–Crippen LogP) is 5.66. The molecule has 1 fully saturated rings. The van der Waals surface area contributed by atoms with Crippen molar-refractivity contribution in [1.82, 2.24) is 15.2 Å². The Kier molecular flexibility index (Phi) is 8.62. The van der Waals surface area contributed by atoms with Crippen molar-refractivity contribution in [3.8, 4) is 11.5 Å². The van der Waals surface area contributed by atoms with Crippen LogP contribution in [0.3, 0.4) is 0 Å². The maximum Gasteiger partial charge on any atom is 0.271 e. The molecule has 0 aliphatic carbocycles. The summed E-state index contributed by atoms with van der Waals surface area (Å²) in [5.74, 6) is 0.724. The smallest absolute Gasteiger partial charge is 0.271 e. The molecule has 1 amide bonds. The molecule has 3 aromatic carbocycles. The standard InChI is InChI=1S/C33H35ClN4O6S/c1-4-15-35-21-22-7-13-26(30(19-22)43-3)33(37-17-5-6-29(37)31-36-16-18-44-31)27-20-23(34)8-14-28(27)38(32(33)39)45(40,41)25-11-9-24(42-2)10-12-25/h7-14,16,18-20,29,35H,4-6,15,17,21H2,1-3H3. The molecule has 2 atom stereocenters. The Labute approximate surface area is 268 Å². The van der Waals surface area contributed by atoms with Crippen molar-refractivity contribution in [3.63, 3.8) is 0 Å². The fraction of sp³-hybridized carbons (Fsp3) is 0.333. The highest BCUT2D eigenvalue weighted by atomic mass is 35.5. The van der Waals surface area contributed by atoms with Gasteiger partial charge in [-0.1, -0.05) is 30.7 Å². The Morgan fingerprint density at radius 1 is 1.07 bits per heavy atom. The molecule has 0 saturated carbocycles. The average Bonchev–Trinajstić information content (AvgIpc) is 3.80. The normalized spacial score (nSPS) is 20.0. The number of benzene rings is 3. The molecule has 1 N–H and O–H groups in total. The van der Waals surface area contributed by atoms with Crippen molar-refractivity contribution in [1.29, 1.82) is 0 Å². The van der Waals surface area contributed by atoms with E-state index in [2.05, 4.69) is 17.2 Å². The van der Waals surface area contributed by atoms with Crippen LogP contribution in [0, 0.1) is 0 Å². The number of likely N-dealkylation sites (tertiary alicyclic amines) is 1. The number of nitrogens with zero attached hydrogens (tertiary/aromatic N) is 3. The second-order valence-electron chi connectivity index (χ2n) is 11.1. The Morgan fingerprint density at radius 3 is 2.56 bits per heavy atom. The first kappa shape index (κ1) is 31.1. The van der Waals surface area contributed by atoms with E-state index in [-0.39, 0.29) is 10.6 Å². The van der Waals surface area contributed by atoms with E-state index in [1.165, 1.54) is 25.5 Å². The van der Waals surface area contributed by atoms with Crippen molar-refractivity contribution in [2.24, 2.45) is 0 Å². The van der Waals surface area contributed by atoms with E-state index in [1.54, 1.807) is 43.6 Å². The summed E-state index contributed by atoms with van der Waals surface area (Å²) in [5.41, 5.74) is 0.476. The number of hydrogen-bond acceptors (Lipinski definition) is 9. The number of ether oxygens (including phenoxy) is 2. The van der Waals surface area contributed by atoms with Crippen LogP contribution in [0.4, 0.5) is 5.69 Å². The highest BCUT2D eigenvalue weighted by Gasteiger charge is 2.62. The molecule has 1 aromatic heterocycles. The van der Waals surface area contributed by atoms with E-state index >= 15 is 4.79 Å². The fourth-order valence-corrected chi connectivity index (χ4v) is 8.14. The summed E-state index contributed by atoms with van der Waals surface area (Å²) in [6.07, 6.45) is 5.43. The van der Waals surface area contributed by atoms with Gasteiger partial charge in [0.1, 0.15) is 17.8 Å².